The lowest BCUT2D eigenvalue weighted by molar-refractivity contribution is 1.07. The molecule has 0 radical (unpaired) electrons. The molecule has 8 heteroatoms. The number of rotatable bonds is 3. The molecular formula is C27H15ClN4O2S. The number of thiazole rings is 1. The van der Waals surface area contributed by atoms with Crippen molar-refractivity contribution >= 4 is 45.1 Å². The molecule has 0 amide bonds. The van der Waals surface area contributed by atoms with E-state index < -0.39 is 5.56 Å². The molecule has 0 aliphatic carbocycles. The highest BCUT2D eigenvalue weighted by Crippen LogP contribution is 2.30. The topological polar surface area (TPSA) is 77.2 Å². The molecule has 3 aromatic carbocycles. The van der Waals surface area contributed by atoms with E-state index in [4.69, 9.17) is 21.6 Å². The zero-order valence-corrected chi connectivity index (χ0v) is 19.6. The maximum Gasteiger partial charge on any atom is 0.302 e. The Kier molecular flexibility index (Phi) is 5.21. The highest BCUT2D eigenvalue weighted by atomic mass is 35.5. The van der Waals surface area contributed by atoms with Crippen molar-refractivity contribution < 1.29 is 0 Å². The monoisotopic (exact) mass is 494 g/mol. The predicted octanol–water partition coefficient (Wildman–Crippen LogP) is 4.59. The fraction of sp³-hybridized carbons (Fsp3) is 0. The van der Waals surface area contributed by atoms with Gasteiger partial charge in [-0.3, -0.25) is 9.59 Å². The number of halogens is 1. The molecule has 3 aromatic heterocycles. The average molecular weight is 495 g/mol. The van der Waals surface area contributed by atoms with E-state index in [9.17, 15) is 9.59 Å². The van der Waals surface area contributed by atoms with Crippen LogP contribution in [0.1, 0.15) is 5.56 Å². The van der Waals surface area contributed by atoms with Crippen LogP contribution in [0.15, 0.2) is 94.5 Å². The van der Waals surface area contributed by atoms with Crippen molar-refractivity contribution in [2.24, 2.45) is 0 Å². The molecule has 0 unspecified atom stereocenters. The fourth-order valence-corrected chi connectivity index (χ4v) is 5.10. The summed E-state index contributed by atoms with van der Waals surface area (Å²) in [6.07, 6.45) is 1.73. The minimum Gasteiger partial charge on any atom is -0.267 e. The van der Waals surface area contributed by atoms with Gasteiger partial charge in [0.05, 0.1) is 15.9 Å². The Balaban J connectivity index is 1.71. The van der Waals surface area contributed by atoms with Gasteiger partial charge < -0.3 is 0 Å². The van der Waals surface area contributed by atoms with Crippen molar-refractivity contribution in [2.45, 2.75) is 0 Å². The van der Waals surface area contributed by atoms with Crippen LogP contribution in [0.5, 0.6) is 0 Å². The van der Waals surface area contributed by atoms with Crippen LogP contribution in [0.2, 0.25) is 5.02 Å². The highest BCUT2D eigenvalue weighted by Gasteiger charge is 2.19. The number of nitrogens with zero attached hydrogens (tertiary/aromatic N) is 4. The number of benzene rings is 3. The molecule has 35 heavy (non-hydrogen) atoms. The van der Waals surface area contributed by atoms with Gasteiger partial charge in [-0.05, 0) is 23.8 Å². The zero-order valence-electron chi connectivity index (χ0n) is 18.1. The Bertz CT molecular complexity index is 1900. The van der Waals surface area contributed by atoms with Gasteiger partial charge in [-0.2, -0.15) is 4.98 Å². The molecule has 6 rings (SSSR count). The first kappa shape index (κ1) is 21.3. The second-order valence-electron chi connectivity index (χ2n) is 7.83. The van der Waals surface area contributed by atoms with Crippen LogP contribution >= 0.6 is 22.9 Å². The van der Waals surface area contributed by atoms with Crippen LogP contribution in [-0.2, 0) is 0 Å². The summed E-state index contributed by atoms with van der Waals surface area (Å²) in [5.74, 6) is 0. The van der Waals surface area contributed by atoms with Gasteiger partial charge in [-0.1, -0.05) is 95.7 Å². The summed E-state index contributed by atoms with van der Waals surface area (Å²) in [7, 11) is 0. The SMILES string of the molecule is O=c1nc2s/c(=C/c3cccc(Cl)c3)c(=O)n2c2nc(-c3ccccc3)c(-c3ccccc3)nc12. The molecule has 0 spiro atoms. The minimum absolute atomic E-state index is 0.0465. The van der Waals surface area contributed by atoms with Crippen molar-refractivity contribution in [3.05, 3.63) is 121 Å². The molecular weight excluding hydrogens is 480 g/mol. The largest absolute Gasteiger partial charge is 0.302 e. The van der Waals surface area contributed by atoms with Crippen LogP contribution in [-0.4, -0.2) is 19.4 Å². The van der Waals surface area contributed by atoms with E-state index in [2.05, 4.69) is 4.98 Å². The molecule has 0 atom stereocenters. The van der Waals surface area contributed by atoms with Crippen LogP contribution in [0.25, 0.3) is 44.7 Å². The van der Waals surface area contributed by atoms with E-state index in [0.717, 1.165) is 28.0 Å². The van der Waals surface area contributed by atoms with Gasteiger partial charge >= 0.3 is 5.56 Å². The molecule has 0 aliphatic rings. The average Bonchev–Trinajstić information content (AvgIpc) is 3.19. The van der Waals surface area contributed by atoms with E-state index in [-0.39, 0.29) is 21.7 Å². The summed E-state index contributed by atoms with van der Waals surface area (Å²) in [6, 6.07) is 26.3. The second-order valence-corrected chi connectivity index (χ2v) is 9.28. The van der Waals surface area contributed by atoms with Crippen LogP contribution < -0.4 is 15.7 Å². The molecule has 0 fully saturated rings. The van der Waals surface area contributed by atoms with Gasteiger partial charge in [0.25, 0.3) is 5.56 Å². The third-order valence-corrected chi connectivity index (χ3v) is 6.74. The first-order chi connectivity index (χ1) is 17.1. The van der Waals surface area contributed by atoms with Crippen molar-refractivity contribution in [1.82, 2.24) is 19.4 Å². The van der Waals surface area contributed by atoms with Gasteiger partial charge in [0.1, 0.15) is 0 Å². The molecule has 3 heterocycles. The van der Waals surface area contributed by atoms with Crippen molar-refractivity contribution in [2.75, 3.05) is 0 Å². The summed E-state index contributed by atoms with van der Waals surface area (Å²) < 4.78 is 1.79. The maximum absolute atomic E-state index is 13.4. The number of hydrogen-bond acceptors (Lipinski definition) is 6. The first-order valence-corrected chi connectivity index (χ1v) is 11.9. The quantitative estimate of drug-likeness (QED) is 0.359. The highest BCUT2D eigenvalue weighted by molar-refractivity contribution is 7.15. The third kappa shape index (κ3) is 3.80. The summed E-state index contributed by atoms with van der Waals surface area (Å²) in [5, 5.41) is 0.567. The van der Waals surface area contributed by atoms with Crippen LogP contribution in [0.3, 0.4) is 0 Å². The molecule has 6 aromatic rings. The van der Waals surface area contributed by atoms with Crippen molar-refractivity contribution in [3.8, 4) is 22.5 Å². The molecule has 0 bridgehead atoms. The molecule has 0 N–H and O–H groups in total. The second kappa shape index (κ2) is 8.54. The molecule has 0 saturated carbocycles. The van der Waals surface area contributed by atoms with E-state index in [1.165, 1.54) is 4.40 Å². The van der Waals surface area contributed by atoms with E-state index in [1.54, 1.807) is 18.2 Å². The summed E-state index contributed by atoms with van der Waals surface area (Å²) in [5.41, 5.74) is 2.93. The van der Waals surface area contributed by atoms with Gasteiger partial charge in [0.2, 0.25) is 4.96 Å². The normalized spacial score (nSPS) is 12.0. The van der Waals surface area contributed by atoms with Crippen LogP contribution in [0.4, 0.5) is 0 Å². The van der Waals surface area contributed by atoms with Gasteiger partial charge in [0.15, 0.2) is 11.2 Å². The number of fused-ring (bicyclic) bond motifs is 3. The predicted molar refractivity (Wildman–Crippen MR) is 140 cm³/mol. The Hall–Kier alpha value is -4.20. The van der Waals surface area contributed by atoms with Gasteiger partial charge in [-0.25, -0.2) is 14.4 Å². The van der Waals surface area contributed by atoms with Gasteiger partial charge in [-0.15, -0.1) is 0 Å². The lowest BCUT2D eigenvalue weighted by Crippen LogP contribution is -2.25. The lowest BCUT2D eigenvalue weighted by Gasteiger charge is -2.10. The van der Waals surface area contributed by atoms with E-state index in [1.807, 2.05) is 72.8 Å². The zero-order chi connectivity index (χ0) is 23.9. The summed E-state index contributed by atoms with van der Waals surface area (Å²) >= 11 is 7.23. The Morgan fingerprint density at radius 1 is 0.771 bits per heavy atom. The first-order valence-electron chi connectivity index (χ1n) is 10.7. The van der Waals surface area contributed by atoms with Crippen LogP contribution in [0, 0.1) is 0 Å². The standard InChI is InChI=1S/C27H15ClN4O2S/c28-19-13-7-8-16(14-19)15-20-26(34)32-24-23(25(33)31-27(32)35-20)29-21(17-9-3-1-4-10-17)22(30-24)18-11-5-2-6-12-18/h1-15H/b20-15+. The minimum atomic E-state index is -0.528. The summed E-state index contributed by atoms with van der Waals surface area (Å²) in [6.45, 7) is 0. The molecule has 0 aliphatic heterocycles. The summed E-state index contributed by atoms with van der Waals surface area (Å²) in [4.78, 5) is 40.4. The smallest absolute Gasteiger partial charge is 0.267 e. The fourth-order valence-electron chi connectivity index (χ4n) is 3.94. The molecule has 6 nitrogen and oxygen atoms in total. The van der Waals surface area contributed by atoms with E-state index in [0.29, 0.717) is 20.9 Å². The van der Waals surface area contributed by atoms with Crippen molar-refractivity contribution in [1.29, 1.82) is 0 Å². The number of hydrogen-bond donors (Lipinski definition) is 0. The molecule has 168 valence electrons. The maximum atomic E-state index is 13.4. The lowest BCUT2D eigenvalue weighted by atomic mass is 10.0. The third-order valence-electron chi connectivity index (χ3n) is 5.54. The van der Waals surface area contributed by atoms with E-state index >= 15 is 0 Å². The Morgan fingerprint density at radius 3 is 2.09 bits per heavy atom. The number of aromatic nitrogens is 4. The Labute approximate surface area is 207 Å². The van der Waals surface area contributed by atoms with Gasteiger partial charge in [0, 0.05) is 16.1 Å². The van der Waals surface area contributed by atoms with Crippen molar-refractivity contribution in [3.63, 3.8) is 0 Å². The Morgan fingerprint density at radius 2 is 1.43 bits per heavy atom. The molecule has 0 saturated heterocycles.